The molecule has 2 aromatic heterocycles. The van der Waals surface area contributed by atoms with Crippen molar-refractivity contribution in [3.05, 3.63) is 71.9 Å². The molecule has 1 aromatic carbocycles. The summed E-state index contributed by atoms with van der Waals surface area (Å²) in [6, 6.07) is 15.2. The smallest absolute Gasteiger partial charge is 0.230 e. The fraction of sp³-hybridized carbons (Fsp3) is 0. The highest BCUT2D eigenvalue weighted by molar-refractivity contribution is 5.77. The Morgan fingerprint density at radius 2 is 1.71 bits per heavy atom. The van der Waals surface area contributed by atoms with Crippen LogP contribution in [0.25, 0.3) is 22.1 Å². The van der Waals surface area contributed by atoms with E-state index >= 15 is 0 Å². The van der Waals surface area contributed by atoms with Crippen LogP contribution in [0.2, 0.25) is 0 Å². The van der Waals surface area contributed by atoms with E-state index in [-0.39, 0.29) is 5.55 Å². The molecule has 3 aromatic rings. The van der Waals surface area contributed by atoms with Crippen LogP contribution in [0, 0.1) is 0 Å². The van der Waals surface area contributed by atoms with Crippen molar-refractivity contribution in [2.24, 2.45) is 0 Å². The average Bonchev–Trinajstić information content (AvgIpc) is 2.39. The molecule has 82 valence electrons. The van der Waals surface area contributed by atoms with Crippen LogP contribution in [0.1, 0.15) is 0 Å². The molecule has 17 heavy (non-hydrogen) atoms. The van der Waals surface area contributed by atoms with E-state index in [1.165, 1.54) is 0 Å². The topological polar surface area (TPSA) is 39.3 Å². The summed E-state index contributed by atoms with van der Waals surface area (Å²) in [5.74, 6) is 0. The quantitative estimate of drug-likeness (QED) is 0.582. The van der Waals surface area contributed by atoms with Crippen molar-refractivity contribution in [1.82, 2.24) is 0 Å². The first-order valence-electron chi connectivity index (χ1n) is 5.36. The summed E-state index contributed by atoms with van der Waals surface area (Å²) in [6.07, 6.45) is 3.72. The Morgan fingerprint density at radius 3 is 2.53 bits per heavy atom. The monoisotopic (exact) mass is 222 g/mol. The zero-order chi connectivity index (χ0) is 11.7. The molecule has 0 N–H and O–H groups in total. The van der Waals surface area contributed by atoms with Gasteiger partial charge in [-0.2, -0.15) is 4.57 Å². The third kappa shape index (κ3) is 1.72. The third-order valence-electron chi connectivity index (χ3n) is 2.63. The van der Waals surface area contributed by atoms with Crippen LogP contribution in [0.4, 0.5) is 0 Å². The van der Waals surface area contributed by atoms with E-state index in [0.29, 0.717) is 11.3 Å². The molecule has 0 amide bonds. The summed E-state index contributed by atoms with van der Waals surface area (Å²) in [5, 5.41) is 10.8. The molecule has 0 bridgehead atoms. The molecule has 0 fully saturated rings. The number of nitrogens with zero attached hydrogens (tertiary/aromatic N) is 2. The Labute approximate surface area is 98.1 Å². The first kappa shape index (κ1) is 9.78. The SMILES string of the molecule is [N-]=c1oc2ccccc2cc1-[n+]1ccccc1. The molecule has 3 rings (SSSR count). The number of hydrogen-bond donors (Lipinski definition) is 0. The molecule has 0 atom stereocenters. The van der Waals surface area contributed by atoms with Crippen molar-refractivity contribution in [3.8, 4) is 5.69 Å². The van der Waals surface area contributed by atoms with Gasteiger partial charge < -0.3 is 9.83 Å². The van der Waals surface area contributed by atoms with Crippen molar-refractivity contribution in [2.45, 2.75) is 0 Å². The predicted molar refractivity (Wildman–Crippen MR) is 64.2 cm³/mol. The Bertz CT molecular complexity index is 717. The van der Waals surface area contributed by atoms with Gasteiger partial charge in [-0.05, 0) is 6.07 Å². The molecular weight excluding hydrogens is 212 g/mol. The molecule has 0 aliphatic heterocycles. The van der Waals surface area contributed by atoms with Gasteiger partial charge in [0.05, 0.1) is 5.55 Å². The maximum Gasteiger partial charge on any atom is 0.230 e. The molecule has 3 nitrogen and oxygen atoms in total. The molecule has 0 aliphatic rings. The van der Waals surface area contributed by atoms with Gasteiger partial charge in [0.1, 0.15) is 5.58 Å². The average molecular weight is 222 g/mol. The van der Waals surface area contributed by atoms with E-state index in [0.717, 1.165) is 5.39 Å². The molecule has 0 saturated carbocycles. The summed E-state index contributed by atoms with van der Waals surface area (Å²) in [7, 11) is 0. The molecule has 0 aliphatic carbocycles. The minimum absolute atomic E-state index is 0.0834. The number of fused-ring (bicyclic) bond motifs is 1. The van der Waals surface area contributed by atoms with E-state index < -0.39 is 0 Å². The van der Waals surface area contributed by atoms with Gasteiger partial charge in [-0.3, -0.25) is 0 Å². The summed E-state index contributed by atoms with van der Waals surface area (Å²) < 4.78 is 7.19. The van der Waals surface area contributed by atoms with Crippen molar-refractivity contribution < 1.29 is 8.98 Å². The second-order valence-corrected chi connectivity index (χ2v) is 3.76. The number of rotatable bonds is 1. The minimum atomic E-state index is -0.0834. The van der Waals surface area contributed by atoms with Crippen molar-refractivity contribution in [3.63, 3.8) is 0 Å². The summed E-state index contributed by atoms with van der Waals surface area (Å²) in [6.45, 7) is 0. The van der Waals surface area contributed by atoms with Gasteiger partial charge in [-0.25, -0.2) is 0 Å². The van der Waals surface area contributed by atoms with E-state index in [1.807, 2.05) is 65.5 Å². The molecule has 0 spiro atoms. The highest BCUT2D eigenvalue weighted by atomic mass is 16.3. The fourth-order valence-electron chi connectivity index (χ4n) is 1.80. The van der Waals surface area contributed by atoms with Crippen LogP contribution in [0.5, 0.6) is 0 Å². The van der Waals surface area contributed by atoms with Crippen LogP contribution < -0.4 is 10.1 Å². The molecule has 0 unspecified atom stereocenters. The standard InChI is InChI=1S/C14H10N2O/c15-14-12(16-8-4-1-5-9-16)10-11-6-2-3-7-13(11)17-14/h1-10H. The lowest BCUT2D eigenvalue weighted by molar-refractivity contribution is -0.597. The maximum absolute atomic E-state index is 9.87. The van der Waals surface area contributed by atoms with Gasteiger partial charge in [0.25, 0.3) is 0 Å². The van der Waals surface area contributed by atoms with Gasteiger partial charge in [0.15, 0.2) is 12.4 Å². The van der Waals surface area contributed by atoms with Gasteiger partial charge in [0, 0.05) is 23.6 Å². The summed E-state index contributed by atoms with van der Waals surface area (Å²) >= 11 is 0. The van der Waals surface area contributed by atoms with Gasteiger partial charge in [-0.1, -0.05) is 24.3 Å². The lowest BCUT2D eigenvalue weighted by Crippen LogP contribution is -2.34. The van der Waals surface area contributed by atoms with Crippen LogP contribution in [0.15, 0.2) is 65.3 Å². The van der Waals surface area contributed by atoms with Gasteiger partial charge in [0.2, 0.25) is 5.69 Å². The van der Waals surface area contributed by atoms with E-state index in [2.05, 4.69) is 0 Å². The van der Waals surface area contributed by atoms with E-state index in [4.69, 9.17) is 4.42 Å². The number of aromatic nitrogens is 1. The van der Waals surface area contributed by atoms with Crippen LogP contribution in [0.3, 0.4) is 0 Å². The Morgan fingerprint density at radius 1 is 0.941 bits per heavy atom. The fourth-order valence-corrected chi connectivity index (χ4v) is 1.80. The minimum Gasteiger partial charge on any atom is -0.765 e. The zero-order valence-corrected chi connectivity index (χ0v) is 9.08. The third-order valence-corrected chi connectivity index (χ3v) is 2.63. The molecule has 3 heteroatoms. The first-order valence-corrected chi connectivity index (χ1v) is 5.36. The largest absolute Gasteiger partial charge is 0.765 e. The highest BCUT2D eigenvalue weighted by Gasteiger charge is 2.06. The summed E-state index contributed by atoms with van der Waals surface area (Å²) in [5.41, 5.74) is 1.22. The van der Waals surface area contributed by atoms with E-state index in [1.54, 1.807) is 0 Å². The normalized spacial score (nSPS) is 10.6. The summed E-state index contributed by atoms with van der Waals surface area (Å²) in [4.78, 5) is 0. The van der Waals surface area contributed by atoms with Crippen LogP contribution in [-0.4, -0.2) is 0 Å². The number of benzene rings is 1. The second kappa shape index (κ2) is 3.87. The highest BCUT2D eigenvalue weighted by Crippen LogP contribution is 2.12. The Hall–Kier alpha value is -2.42. The Kier molecular flexibility index (Phi) is 2.22. The van der Waals surface area contributed by atoms with Crippen LogP contribution >= 0.6 is 0 Å². The van der Waals surface area contributed by atoms with Gasteiger partial charge >= 0.3 is 0 Å². The molecular formula is C14H10N2O. The molecule has 0 saturated heterocycles. The lowest BCUT2D eigenvalue weighted by Gasteiger charge is -2.03. The maximum atomic E-state index is 9.87. The molecule has 2 heterocycles. The Balaban J connectivity index is 2.31. The van der Waals surface area contributed by atoms with Crippen molar-refractivity contribution in [2.75, 3.05) is 0 Å². The molecule has 0 radical (unpaired) electrons. The number of hydrogen-bond acceptors (Lipinski definition) is 1. The second-order valence-electron chi connectivity index (χ2n) is 3.76. The van der Waals surface area contributed by atoms with Crippen LogP contribution in [-0.2, 0) is 0 Å². The first-order chi connectivity index (χ1) is 8.34. The van der Waals surface area contributed by atoms with Crippen molar-refractivity contribution >= 4 is 11.0 Å². The number of para-hydroxylation sites is 1. The predicted octanol–water partition coefficient (Wildman–Crippen LogP) is 2.18. The van der Waals surface area contributed by atoms with Gasteiger partial charge in [-0.15, -0.1) is 0 Å². The van der Waals surface area contributed by atoms with E-state index in [9.17, 15) is 5.41 Å². The van der Waals surface area contributed by atoms with Crippen molar-refractivity contribution in [1.29, 1.82) is 0 Å². The zero-order valence-electron chi connectivity index (χ0n) is 9.08. The lowest BCUT2D eigenvalue weighted by atomic mass is 10.2. The number of pyridine rings is 1.